The highest BCUT2D eigenvalue weighted by Gasteiger charge is 2.07. The number of hydrogen-bond donors (Lipinski definition) is 3. The number of aryl methyl sites for hydroxylation is 1. The maximum Gasteiger partial charge on any atom is 0.221 e. The number of anilines is 1. The summed E-state index contributed by atoms with van der Waals surface area (Å²) >= 11 is 3.54. The molecule has 1 aromatic heterocycles. The highest BCUT2D eigenvalue weighted by atomic mass is 79.9. The van der Waals surface area contributed by atoms with Crippen LogP contribution in [0.25, 0.3) is 0 Å². The monoisotopic (exact) mass is 366 g/mol. The first-order valence-electron chi connectivity index (χ1n) is 6.53. The fourth-order valence-electron chi connectivity index (χ4n) is 1.71. The number of carbonyl (C=O) groups is 1. The predicted molar refractivity (Wildman–Crippen MR) is 90.4 cm³/mol. The summed E-state index contributed by atoms with van der Waals surface area (Å²) in [5.74, 6) is 5.22. The van der Waals surface area contributed by atoms with E-state index in [4.69, 9.17) is 9.53 Å². The molecule has 0 bridgehead atoms. The molecule has 0 saturated heterocycles. The van der Waals surface area contributed by atoms with E-state index in [1.54, 1.807) is 11.6 Å². The van der Waals surface area contributed by atoms with Gasteiger partial charge in [0.05, 0.1) is 5.69 Å². The summed E-state index contributed by atoms with van der Waals surface area (Å²) in [7, 11) is 1.90. The summed E-state index contributed by atoms with van der Waals surface area (Å²) in [6, 6.07) is 9.84. The molecule has 7 heteroatoms. The van der Waals surface area contributed by atoms with Crippen molar-refractivity contribution in [3.8, 4) is 5.75 Å². The van der Waals surface area contributed by atoms with Crippen LogP contribution >= 0.6 is 15.9 Å². The van der Waals surface area contributed by atoms with Gasteiger partial charge in [-0.1, -0.05) is 22.0 Å². The Bertz CT molecular complexity index is 608. The summed E-state index contributed by atoms with van der Waals surface area (Å²) in [6.45, 7) is 2.44. The highest BCUT2D eigenvalue weighted by Crippen LogP contribution is 2.26. The van der Waals surface area contributed by atoms with Gasteiger partial charge >= 0.3 is 0 Å². The van der Waals surface area contributed by atoms with Crippen LogP contribution in [0, 0.1) is 6.92 Å². The first-order chi connectivity index (χ1) is 10.6. The lowest BCUT2D eigenvalue weighted by molar-refractivity contribution is -0.109. The van der Waals surface area contributed by atoms with Gasteiger partial charge in [0, 0.05) is 29.0 Å². The number of amides is 1. The van der Waals surface area contributed by atoms with Crippen molar-refractivity contribution in [1.29, 1.82) is 0 Å². The molecule has 1 aromatic carbocycles. The number of halogens is 1. The van der Waals surface area contributed by atoms with Crippen molar-refractivity contribution in [3.05, 3.63) is 52.3 Å². The zero-order valence-corrected chi connectivity index (χ0v) is 14.1. The number of nitrogens with two attached hydrogens (primary N) is 1. The van der Waals surface area contributed by atoms with Crippen LogP contribution in [0.5, 0.6) is 5.75 Å². The number of nitrogens with one attached hydrogen (secondary N) is 2. The molecule has 0 spiro atoms. The number of ether oxygens (including phenoxy) is 1. The number of benzene rings is 1. The number of nitrogens with zero attached hydrogens (tertiary/aromatic N) is 1. The Labute approximate surface area is 138 Å². The molecule has 0 atom stereocenters. The molecule has 1 heterocycles. The minimum Gasteiger partial charge on any atom is -0.487 e. The van der Waals surface area contributed by atoms with E-state index >= 15 is 0 Å². The minimum atomic E-state index is 0.403. The van der Waals surface area contributed by atoms with Crippen molar-refractivity contribution in [2.45, 2.75) is 13.5 Å². The largest absolute Gasteiger partial charge is 0.487 e. The van der Waals surface area contributed by atoms with E-state index in [9.17, 15) is 0 Å². The summed E-state index contributed by atoms with van der Waals surface area (Å²) in [6.07, 6.45) is 2.17. The van der Waals surface area contributed by atoms with Gasteiger partial charge in [-0.3, -0.25) is 15.2 Å². The molecule has 22 heavy (non-hydrogen) atoms. The number of aromatic nitrogens is 1. The quantitative estimate of drug-likeness (QED) is 0.327. The molecule has 2 aromatic rings. The van der Waals surface area contributed by atoms with Crippen molar-refractivity contribution in [2.75, 3.05) is 12.4 Å². The molecule has 4 N–H and O–H groups in total. The molecular weight excluding hydrogens is 348 g/mol. The average molecular weight is 367 g/mol. The fraction of sp³-hybridized carbons (Fsp3) is 0.200. The molecule has 2 rings (SSSR count). The normalized spacial score (nSPS) is 9.27. The van der Waals surface area contributed by atoms with Crippen LogP contribution in [-0.2, 0) is 11.4 Å². The standard InChI is InChI=1S/C14H15BrN2O.CH4N2O/c1-10-14(7-4-8-17-10)18-9-11-12(15)5-3-6-13(11)16-2;2-3-1-4/h3-8,16H,9H2,1-2H3;1H,2H2,(H,3,4). The predicted octanol–water partition coefficient (Wildman–Crippen LogP) is 2.38. The zero-order chi connectivity index (χ0) is 16.4. The minimum absolute atomic E-state index is 0.403. The molecule has 1 amide bonds. The third-order valence-electron chi connectivity index (χ3n) is 2.79. The summed E-state index contributed by atoms with van der Waals surface area (Å²) in [5.41, 5.74) is 4.81. The van der Waals surface area contributed by atoms with Crippen LogP contribution in [0.4, 0.5) is 5.69 Å². The molecule has 0 fully saturated rings. The average Bonchev–Trinajstić information content (AvgIpc) is 2.55. The Kier molecular flexibility index (Phi) is 7.95. The van der Waals surface area contributed by atoms with Crippen molar-refractivity contribution >= 4 is 28.0 Å². The Morgan fingerprint density at radius 1 is 1.36 bits per heavy atom. The van der Waals surface area contributed by atoms with Crippen LogP contribution in [-0.4, -0.2) is 18.4 Å². The molecule has 0 aliphatic heterocycles. The molecule has 0 aliphatic carbocycles. The van der Waals surface area contributed by atoms with Gasteiger partial charge in [-0.05, 0) is 31.2 Å². The first kappa shape index (κ1) is 17.9. The maximum atomic E-state index is 8.94. The summed E-state index contributed by atoms with van der Waals surface area (Å²) < 4.78 is 6.85. The van der Waals surface area contributed by atoms with E-state index in [0.29, 0.717) is 13.0 Å². The molecule has 0 radical (unpaired) electrons. The van der Waals surface area contributed by atoms with Crippen LogP contribution in [0.3, 0.4) is 0 Å². The van der Waals surface area contributed by atoms with Crippen LogP contribution in [0.15, 0.2) is 41.0 Å². The molecule has 0 unspecified atom stereocenters. The van der Waals surface area contributed by atoms with Gasteiger partial charge in [-0.15, -0.1) is 0 Å². The van der Waals surface area contributed by atoms with E-state index in [2.05, 4.69) is 32.1 Å². The molecule has 0 aliphatic rings. The summed E-state index contributed by atoms with van der Waals surface area (Å²) in [4.78, 5) is 13.1. The maximum absolute atomic E-state index is 8.94. The van der Waals surface area contributed by atoms with Crippen LogP contribution < -0.4 is 21.3 Å². The van der Waals surface area contributed by atoms with E-state index in [-0.39, 0.29) is 0 Å². The zero-order valence-electron chi connectivity index (χ0n) is 12.5. The fourth-order valence-corrected chi connectivity index (χ4v) is 2.19. The third kappa shape index (κ3) is 5.34. The van der Waals surface area contributed by atoms with E-state index < -0.39 is 0 Å². The Hall–Kier alpha value is -2.12. The van der Waals surface area contributed by atoms with E-state index in [1.807, 2.05) is 44.3 Å². The highest BCUT2D eigenvalue weighted by molar-refractivity contribution is 9.10. The van der Waals surface area contributed by atoms with Gasteiger partial charge in [-0.2, -0.15) is 0 Å². The Balaban J connectivity index is 0.000000541. The second-order valence-electron chi connectivity index (χ2n) is 4.18. The smallest absolute Gasteiger partial charge is 0.221 e. The molecule has 118 valence electrons. The van der Waals surface area contributed by atoms with Gasteiger partial charge in [0.15, 0.2) is 0 Å². The SMILES string of the molecule is CNc1cccc(Br)c1COc1cccnc1C.NNC=O. The van der Waals surface area contributed by atoms with E-state index in [1.165, 1.54) is 0 Å². The van der Waals surface area contributed by atoms with Gasteiger partial charge in [0.2, 0.25) is 6.41 Å². The van der Waals surface area contributed by atoms with Gasteiger partial charge in [0.25, 0.3) is 0 Å². The van der Waals surface area contributed by atoms with E-state index in [0.717, 1.165) is 27.2 Å². The van der Waals surface area contributed by atoms with Crippen molar-refractivity contribution in [1.82, 2.24) is 10.4 Å². The van der Waals surface area contributed by atoms with Gasteiger partial charge < -0.3 is 10.1 Å². The second-order valence-corrected chi connectivity index (χ2v) is 5.03. The lowest BCUT2D eigenvalue weighted by Gasteiger charge is -2.13. The number of hydrogen-bond acceptors (Lipinski definition) is 5. The van der Waals surface area contributed by atoms with Crippen LogP contribution in [0.1, 0.15) is 11.3 Å². The van der Waals surface area contributed by atoms with Crippen LogP contribution in [0.2, 0.25) is 0 Å². The molecular formula is C15H19BrN4O2. The summed E-state index contributed by atoms with van der Waals surface area (Å²) in [5, 5.41) is 3.16. The first-order valence-corrected chi connectivity index (χ1v) is 7.32. The number of hydrazine groups is 1. The third-order valence-corrected chi connectivity index (χ3v) is 3.53. The number of carbonyl (C=O) groups excluding carboxylic acids is 1. The van der Waals surface area contributed by atoms with Crippen molar-refractivity contribution in [3.63, 3.8) is 0 Å². The second kappa shape index (κ2) is 9.75. The lowest BCUT2D eigenvalue weighted by atomic mass is 10.2. The van der Waals surface area contributed by atoms with Crippen molar-refractivity contribution in [2.24, 2.45) is 5.84 Å². The molecule has 0 saturated carbocycles. The number of pyridine rings is 1. The Morgan fingerprint density at radius 3 is 2.68 bits per heavy atom. The van der Waals surface area contributed by atoms with Gasteiger partial charge in [0.1, 0.15) is 12.4 Å². The molecule has 6 nitrogen and oxygen atoms in total. The number of rotatable bonds is 5. The van der Waals surface area contributed by atoms with Crippen molar-refractivity contribution < 1.29 is 9.53 Å². The van der Waals surface area contributed by atoms with Gasteiger partial charge in [-0.25, -0.2) is 5.84 Å². The lowest BCUT2D eigenvalue weighted by Crippen LogP contribution is -2.18. The Morgan fingerprint density at radius 2 is 2.09 bits per heavy atom. The topological polar surface area (TPSA) is 89.3 Å².